The maximum absolute atomic E-state index is 12.4. The second-order valence-electron chi connectivity index (χ2n) is 6.03. The van der Waals surface area contributed by atoms with Crippen molar-refractivity contribution < 1.29 is 14.3 Å². The number of thiazole rings is 1. The van der Waals surface area contributed by atoms with Crippen molar-refractivity contribution in [1.82, 2.24) is 4.98 Å². The minimum atomic E-state index is -0.234. The van der Waals surface area contributed by atoms with Crippen molar-refractivity contribution in [3.63, 3.8) is 0 Å². The van der Waals surface area contributed by atoms with E-state index < -0.39 is 0 Å². The Morgan fingerprint density at radius 3 is 2.46 bits per heavy atom. The fraction of sp³-hybridized carbons (Fsp3) is 0.211. The first-order valence-electron chi connectivity index (χ1n) is 8.17. The molecule has 6 nitrogen and oxygen atoms in total. The Morgan fingerprint density at radius 1 is 1.08 bits per heavy atom. The van der Waals surface area contributed by atoms with Gasteiger partial charge in [0, 0.05) is 18.2 Å². The molecule has 1 heterocycles. The maximum Gasteiger partial charge on any atom is 0.257 e. The Balaban J connectivity index is 1.73. The van der Waals surface area contributed by atoms with Gasteiger partial charge in [-0.2, -0.15) is 0 Å². The van der Waals surface area contributed by atoms with Gasteiger partial charge in [0.15, 0.2) is 5.13 Å². The van der Waals surface area contributed by atoms with E-state index >= 15 is 0 Å². The standard InChI is InChI=1S/C19H19N3O3S/c1-11(2)25-15-7-4-13(5-8-15)18(24)22-19-21-16-9-6-14(20-12(3)23)10-17(16)26-19/h4-11H,1-3H3,(H,20,23)(H,21,22,24). The number of fused-ring (bicyclic) bond motifs is 1. The van der Waals surface area contributed by atoms with Gasteiger partial charge in [-0.05, 0) is 56.3 Å². The van der Waals surface area contributed by atoms with Crippen LogP contribution < -0.4 is 15.4 Å². The average molecular weight is 369 g/mol. The summed E-state index contributed by atoms with van der Waals surface area (Å²) in [5.74, 6) is 0.358. The summed E-state index contributed by atoms with van der Waals surface area (Å²) in [7, 11) is 0. The molecule has 0 spiro atoms. The summed E-state index contributed by atoms with van der Waals surface area (Å²) in [5.41, 5.74) is 1.99. The highest BCUT2D eigenvalue weighted by atomic mass is 32.1. The molecule has 0 saturated heterocycles. The predicted octanol–water partition coefficient (Wildman–Crippen LogP) is 4.29. The van der Waals surface area contributed by atoms with Crippen LogP contribution in [0.5, 0.6) is 5.75 Å². The number of hydrogen-bond acceptors (Lipinski definition) is 5. The summed E-state index contributed by atoms with van der Waals surface area (Å²) in [6.07, 6.45) is 0.0832. The van der Waals surface area contributed by atoms with Gasteiger partial charge in [0.1, 0.15) is 5.75 Å². The molecule has 2 aromatic carbocycles. The van der Waals surface area contributed by atoms with E-state index in [2.05, 4.69) is 15.6 Å². The fourth-order valence-corrected chi connectivity index (χ4v) is 3.29. The molecule has 0 radical (unpaired) electrons. The van der Waals surface area contributed by atoms with Crippen LogP contribution in [0.1, 0.15) is 31.1 Å². The third kappa shape index (κ3) is 4.37. The number of amides is 2. The molecular weight excluding hydrogens is 350 g/mol. The molecule has 0 atom stereocenters. The van der Waals surface area contributed by atoms with Gasteiger partial charge in [0.05, 0.1) is 16.3 Å². The maximum atomic E-state index is 12.4. The van der Waals surface area contributed by atoms with Crippen molar-refractivity contribution in [3.8, 4) is 5.75 Å². The van der Waals surface area contributed by atoms with E-state index in [0.29, 0.717) is 16.4 Å². The van der Waals surface area contributed by atoms with Crippen LogP contribution in [0, 0.1) is 0 Å². The molecule has 0 fully saturated rings. The van der Waals surface area contributed by atoms with E-state index in [0.717, 1.165) is 16.0 Å². The predicted molar refractivity (Wildman–Crippen MR) is 104 cm³/mol. The molecule has 0 aliphatic rings. The number of anilines is 2. The van der Waals surface area contributed by atoms with Gasteiger partial charge < -0.3 is 10.1 Å². The number of hydrogen-bond donors (Lipinski definition) is 2. The number of carbonyl (C=O) groups excluding carboxylic acids is 2. The van der Waals surface area contributed by atoms with Crippen LogP contribution in [0.2, 0.25) is 0 Å². The van der Waals surface area contributed by atoms with Crippen LogP contribution in [0.15, 0.2) is 42.5 Å². The van der Waals surface area contributed by atoms with E-state index in [-0.39, 0.29) is 17.9 Å². The Morgan fingerprint density at radius 2 is 1.81 bits per heavy atom. The largest absolute Gasteiger partial charge is 0.491 e. The smallest absolute Gasteiger partial charge is 0.257 e. The van der Waals surface area contributed by atoms with E-state index in [1.807, 2.05) is 26.0 Å². The van der Waals surface area contributed by atoms with Gasteiger partial charge in [0.2, 0.25) is 5.91 Å². The molecule has 0 unspecified atom stereocenters. The highest BCUT2D eigenvalue weighted by Crippen LogP contribution is 2.28. The third-order valence-electron chi connectivity index (χ3n) is 3.42. The molecule has 1 aromatic heterocycles. The molecule has 7 heteroatoms. The Labute approximate surface area is 155 Å². The first kappa shape index (κ1) is 17.9. The van der Waals surface area contributed by atoms with Gasteiger partial charge in [-0.3, -0.25) is 14.9 Å². The summed E-state index contributed by atoms with van der Waals surface area (Å²) >= 11 is 1.35. The van der Waals surface area contributed by atoms with E-state index in [4.69, 9.17) is 4.74 Å². The fourth-order valence-electron chi connectivity index (χ4n) is 2.39. The van der Waals surface area contributed by atoms with Crippen molar-refractivity contribution >= 4 is 44.2 Å². The molecule has 0 bridgehead atoms. The molecule has 2 amide bonds. The van der Waals surface area contributed by atoms with Crippen LogP contribution >= 0.6 is 11.3 Å². The third-order valence-corrected chi connectivity index (χ3v) is 4.35. The molecule has 2 N–H and O–H groups in total. The monoisotopic (exact) mass is 369 g/mol. The zero-order chi connectivity index (χ0) is 18.7. The molecule has 3 aromatic rings. The SMILES string of the molecule is CC(=O)Nc1ccc2nc(NC(=O)c3ccc(OC(C)C)cc3)sc2c1. The first-order chi connectivity index (χ1) is 12.4. The number of nitrogens with one attached hydrogen (secondary N) is 2. The lowest BCUT2D eigenvalue weighted by Crippen LogP contribution is -2.11. The summed E-state index contributed by atoms with van der Waals surface area (Å²) in [4.78, 5) is 27.9. The number of nitrogens with zero attached hydrogens (tertiary/aromatic N) is 1. The highest BCUT2D eigenvalue weighted by Gasteiger charge is 2.11. The summed E-state index contributed by atoms with van der Waals surface area (Å²) in [5, 5.41) is 6.05. The van der Waals surface area contributed by atoms with Crippen molar-refractivity contribution in [3.05, 3.63) is 48.0 Å². The number of benzene rings is 2. The Kier molecular flexibility index (Phi) is 5.18. The van der Waals surface area contributed by atoms with Crippen molar-refractivity contribution in [1.29, 1.82) is 0 Å². The van der Waals surface area contributed by atoms with Crippen LogP contribution in [-0.2, 0) is 4.79 Å². The van der Waals surface area contributed by atoms with E-state index in [1.165, 1.54) is 18.3 Å². The summed E-state index contributed by atoms with van der Waals surface area (Å²) < 4.78 is 6.46. The zero-order valence-corrected chi connectivity index (χ0v) is 15.5. The molecule has 3 rings (SSSR count). The quantitative estimate of drug-likeness (QED) is 0.703. The first-order valence-corrected chi connectivity index (χ1v) is 8.98. The van der Waals surface area contributed by atoms with Gasteiger partial charge >= 0.3 is 0 Å². The second kappa shape index (κ2) is 7.53. The molecule has 0 saturated carbocycles. The van der Waals surface area contributed by atoms with Crippen molar-refractivity contribution in [2.45, 2.75) is 26.9 Å². The molecule has 26 heavy (non-hydrogen) atoms. The molecule has 0 aliphatic carbocycles. The topological polar surface area (TPSA) is 80.3 Å². The average Bonchev–Trinajstić information content (AvgIpc) is 2.95. The number of rotatable bonds is 5. The van der Waals surface area contributed by atoms with Crippen molar-refractivity contribution in [2.75, 3.05) is 10.6 Å². The lowest BCUT2D eigenvalue weighted by molar-refractivity contribution is -0.114. The van der Waals surface area contributed by atoms with E-state index in [9.17, 15) is 9.59 Å². The van der Waals surface area contributed by atoms with Crippen LogP contribution in [0.4, 0.5) is 10.8 Å². The molecular formula is C19H19N3O3S. The van der Waals surface area contributed by atoms with Crippen LogP contribution in [0.3, 0.4) is 0 Å². The minimum absolute atomic E-state index is 0.0832. The molecule has 134 valence electrons. The van der Waals surface area contributed by atoms with Gasteiger partial charge in [-0.25, -0.2) is 4.98 Å². The summed E-state index contributed by atoms with van der Waals surface area (Å²) in [6.45, 7) is 5.36. The van der Waals surface area contributed by atoms with Crippen molar-refractivity contribution in [2.24, 2.45) is 0 Å². The lowest BCUT2D eigenvalue weighted by atomic mass is 10.2. The number of aromatic nitrogens is 1. The number of ether oxygens (including phenoxy) is 1. The zero-order valence-electron chi connectivity index (χ0n) is 14.7. The number of carbonyl (C=O) groups is 2. The van der Waals surface area contributed by atoms with Crippen LogP contribution in [-0.4, -0.2) is 22.9 Å². The molecule has 0 aliphatic heterocycles. The summed E-state index contributed by atoms with van der Waals surface area (Å²) in [6, 6.07) is 12.4. The normalized spacial score (nSPS) is 10.8. The Hall–Kier alpha value is -2.93. The lowest BCUT2D eigenvalue weighted by Gasteiger charge is -2.09. The minimum Gasteiger partial charge on any atom is -0.491 e. The van der Waals surface area contributed by atoms with Gasteiger partial charge in [-0.15, -0.1) is 0 Å². The van der Waals surface area contributed by atoms with Crippen LogP contribution in [0.25, 0.3) is 10.2 Å². The van der Waals surface area contributed by atoms with Gasteiger partial charge in [-0.1, -0.05) is 11.3 Å². The highest BCUT2D eigenvalue weighted by molar-refractivity contribution is 7.22. The van der Waals surface area contributed by atoms with Gasteiger partial charge in [0.25, 0.3) is 5.91 Å². The van der Waals surface area contributed by atoms with E-state index in [1.54, 1.807) is 30.3 Å². The second-order valence-corrected chi connectivity index (χ2v) is 7.06. The Bertz CT molecular complexity index is 948.